The van der Waals surface area contributed by atoms with Crippen LogP contribution in [0.4, 0.5) is 0 Å². The predicted octanol–water partition coefficient (Wildman–Crippen LogP) is 2.49. The van der Waals surface area contributed by atoms with Crippen molar-refractivity contribution >= 4 is 13.2 Å². The Morgan fingerprint density at radius 3 is 1.56 bits per heavy atom. The van der Waals surface area contributed by atoms with Gasteiger partial charge in [-0.15, -0.1) is 4.67 Å². The summed E-state index contributed by atoms with van der Waals surface area (Å²) in [5.74, 6) is 0. The first-order chi connectivity index (χ1) is 8.70. The zero-order valence-electron chi connectivity index (χ0n) is 10.6. The molecule has 0 aromatic heterocycles. The summed E-state index contributed by atoms with van der Waals surface area (Å²) in [5.41, 5.74) is 2.03. The largest absolute Gasteiger partial charge is 0.613 e. The summed E-state index contributed by atoms with van der Waals surface area (Å²) in [6, 6.07) is 19.8. The second-order valence-electron chi connectivity index (χ2n) is 4.20. The minimum absolute atomic E-state index is 0.885. The molecule has 0 N–H and O–H groups in total. The van der Waals surface area contributed by atoms with Crippen molar-refractivity contribution in [2.24, 2.45) is 0 Å². The Kier molecular flexibility index (Phi) is 4.27. The molecule has 0 spiro atoms. The van der Waals surface area contributed by atoms with Gasteiger partial charge in [-0.2, -0.15) is 0 Å². The Hall–Kier alpha value is -1.47. The van der Waals surface area contributed by atoms with E-state index < -0.39 is 7.92 Å². The Bertz CT molecular complexity index is 493. The van der Waals surface area contributed by atoms with E-state index in [2.05, 4.69) is 0 Å². The topological polar surface area (TPSA) is 26.3 Å². The van der Waals surface area contributed by atoms with Gasteiger partial charge in [-0.3, -0.25) is 0 Å². The quantitative estimate of drug-likeness (QED) is 0.790. The normalized spacial score (nSPS) is 11.4. The van der Waals surface area contributed by atoms with E-state index in [1.54, 1.807) is 4.67 Å². The summed E-state index contributed by atoms with van der Waals surface area (Å²) in [4.78, 5) is 12.5. The molecule has 0 aliphatic carbocycles. The van der Waals surface area contributed by atoms with E-state index in [0.29, 0.717) is 0 Å². The maximum absolute atomic E-state index is 12.5. The smallest absolute Gasteiger partial charge is 0.174 e. The van der Waals surface area contributed by atoms with Crippen LogP contribution in [-0.4, -0.2) is 24.1 Å². The van der Waals surface area contributed by atoms with E-state index in [-0.39, 0.29) is 0 Å². The van der Waals surface area contributed by atoms with Gasteiger partial charge in [0.05, 0.1) is 0 Å². The highest BCUT2D eigenvalue weighted by Crippen LogP contribution is 2.25. The lowest BCUT2D eigenvalue weighted by Gasteiger charge is -2.12. The van der Waals surface area contributed by atoms with Gasteiger partial charge in [-0.1, -0.05) is 60.7 Å². The van der Waals surface area contributed by atoms with Crippen molar-refractivity contribution in [2.45, 2.75) is 0 Å². The van der Waals surface area contributed by atoms with Gasteiger partial charge in [0.15, 0.2) is 13.2 Å². The van der Waals surface area contributed by atoms with Crippen LogP contribution in [0.5, 0.6) is 0 Å². The molecule has 0 fully saturated rings. The molecule has 2 nitrogen and oxygen atoms in total. The van der Waals surface area contributed by atoms with Gasteiger partial charge in [0.25, 0.3) is 0 Å². The molecule has 2 rings (SSSR count). The number of nitrogens with zero attached hydrogens (tertiary/aromatic N) is 1. The fraction of sp³-hybridized carbons (Fsp3) is 0.133. The molecule has 3 heteroatoms. The first-order valence-electron chi connectivity index (χ1n) is 5.82. The van der Waals surface area contributed by atoms with Crippen molar-refractivity contribution in [1.29, 1.82) is 0 Å². The molecular weight excluding hydrogens is 241 g/mol. The average Bonchev–Trinajstić information content (AvgIpc) is 2.41. The summed E-state index contributed by atoms with van der Waals surface area (Å²) in [6.45, 7) is 0. The van der Waals surface area contributed by atoms with Crippen LogP contribution in [0.25, 0.3) is 0 Å². The standard InChI is InChI=1S/C15H16NOP/c1-16(2)18(17)15(13-9-5-3-6-10-13)14-11-7-4-8-12-14/h3-12H,1-2H3. The van der Waals surface area contributed by atoms with E-state index in [1.807, 2.05) is 74.8 Å². The second-order valence-corrected chi connectivity index (χ2v) is 5.99. The van der Waals surface area contributed by atoms with E-state index in [9.17, 15) is 4.89 Å². The molecule has 0 radical (unpaired) electrons. The first-order valence-corrected chi connectivity index (χ1v) is 7.03. The molecule has 0 bridgehead atoms. The lowest BCUT2D eigenvalue weighted by molar-refractivity contribution is -0.161. The molecule has 2 aromatic rings. The lowest BCUT2D eigenvalue weighted by Crippen LogP contribution is -2.16. The highest BCUT2D eigenvalue weighted by Gasteiger charge is 2.17. The summed E-state index contributed by atoms with van der Waals surface area (Å²) in [5, 5.41) is 0.885. The Labute approximate surface area is 109 Å². The summed E-state index contributed by atoms with van der Waals surface area (Å²) in [7, 11) is 2.12. The zero-order chi connectivity index (χ0) is 13.0. The van der Waals surface area contributed by atoms with Gasteiger partial charge in [0.2, 0.25) is 0 Å². The van der Waals surface area contributed by atoms with Crippen LogP contribution in [-0.2, 0) is 0 Å². The Morgan fingerprint density at radius 2 is 1.22 bits per heavy atom. The molecule has 0 aliphatic rings. The highest BCUT2D eigenvalue weighted by atomic mass is 31.1. The second kappa shape index (κ2) is 5.92. The molecule has 0 saturated heterocycles. The molecular formula is C15H16NOP. The predicted molar refractivity (Wildman–Crippen MR) is 76.7 cm³/mol. The third-order valence-corrected chi connectivity index (χ3v) is 4.27. The Balaban J connectivity index is 2.60. The van der Waals surface area contributed by atoms with Crippen molar-refractivity contribution in [3.63, 3.8) is 0 Å². The van der Waals surface area contributed by atoms with Gasteiger partial charge >= 0.3 is 0 Å². The van der Waals surface area contributed by atoms with Crippen LogP contribution in [0.3, 0.4) is 0 Å². The SMILES string of the molecule is CN(C)[P+]([O-])=C(c1ccccc1)c1ccccc1. The maximum Gasteiger partial charge on any atom is 0.174 e. The van der Waals surface area contributed by atoms with Crippen LogP contribution in [0.2, 0.25) is 0 Å². The molecule has 2 aromatic carbocycles. The average molecular weight is 257 g/mol. The third kappa shape index (κ3) is 2.85. The van der Waals surface area contributed by atoms with Crippen molar-refractivity contribution < 1.29 is 4.89 Å². The summed E-state index contributed by atoms with van der Waals surface area (Å²) >= 11 is 0. The lowest BCUT2D eigenvalue weighted by atomic mass is 10.1. The third-order valence-electron chi connectivity index (χ3n) is 2.65. The molecule has 1 unspecified atom stereocenters. The van der Waals surface area contributed by atoms with Gasteiger partial charge in [-0.25, -0.2) is 0 Å². The zero-order valence-corrected chi connectivity index (χ0v) is 11.5. The molecule has 92 valence electrons. The molecule has 0 heterocycles. The van der Waals surface area contributed by atoms with Crippen LogP contribution < -0.4 is 4.89 Å². The summed E-state index contributed by atoms with van der Waals surface area (Å²) in [6.07, 6.45) is 0. The molecule has 0 amide bonds. The fourth-order valence-electron chi connectivity index (χ4n) is 1.78. The van der Waals surface area contributed by atoms with Crippen LogP contribution >= 0.6 is 7.92 Å². The number of benzene rings is 2. The molecule has 1 atom stereocenters. The van der Waals surface area contributed by atoms with Crippen LogP contribution in [0.15, 0.2) is 60.7 Å². The van der Waals surface area contributed by atoms with Crippen molar-refractivity contribution in [1.82, 2.24) is 4.67 Å². The minimum atomic E-state index is -1.56. The van der Waals surface area contributed by atoms with Gasteiger partial charge in [0, 0.05) is 25.2 Å². The molecule has 0 aliphatic heterocycles. The van der Waals surface area contributed by atoms with E-state index in [0.717, 1.165) is 16.4 Å². The number of hydrogen-bond donors (Lipinski definition) is 0. The number of hydrogen-bond acceptors (Lipinski definition) is 2. The van der Waals surface area contributed by atoms with Crippen LogP contribution in [0, 0.1) is 0 Å². The minimum Gasteiger partial charge on any atom is -0.613 e. The monoisotopic (exact) mass is 257 g/mol. The Morgan fingerprint density at radius 1 is 0.833 bits per heavy atom. The van der Waals surface area contributed by atoms with E-state index in [4.69, 9.17) is 0 Å². The van der Waals surface area contributed by atoms with E-state index in [1.165, 1.54) is 0 Å². The van der Waals surface area contributed by atoms with E-state index >= 15 is 0 Å². The van der Waals surface area contributed by atoms with Gasteiger partial charge in [0.1, 0.15) is 0 Å². The highest BCUT2D eigenvalue weighted by molar-refractivity contribution is 7.50. The van der Waals surface area contributed by atoms with Gasteiger partial charge in [-0.05, 0) is 0 Å². The molecule has 0 saturated carbocycles. The van der Waals surface area contributed by atoms with Crippen molar-refractivity contribution in [2.75, 3.05) is 14.1 Å². The first kappa shape index (κ1) is 13.0. The summed E-state index contributed by atoms with van der Waals surface area (Å²) < 4.78 is 1.75. The maximum atomic E-state index is 12.5. The molecule has 18 heavy (non-hydrogen) atoms. The van der Waals surface area contributed by atoms with Crippen molar-refractivity contribution in [3.8, 4) is 0 Å². The van der Waals surface area contributed by atoms with Crippen LogP contribution in [0.1, 0.15) is 11.1 Å². The van der Waals surface area contributed by atoms with Gasteiger partial charge < -0.3 is 4.89 Å². The number of rotatable bonds is 3. The van der Waals surface area contributed by atoms with Crippen molar-refractivity contribution in [3.05, 3.63) is 71.8 Å². The fourth-order valence-corrected chi connectivity index (χ4v) is 2.92.